The smallest absolute Gasteiger partial charge is 0.142 e. The first-order valence-electron chi connectivity index (χ1n) is 7.14. The van der Waals surface area contributed by atoms with Gasteiger partial charge in [-0.05, 0) is 44.9 Å². The van der Waals surface area contributed by atoms with E-state index in [0.717, 1.165) is 37.3 Å². The highest BCUT2D eigenvalue weighted by atomic mass is 16.5. The first-order valence-corrected chi connectivity index (χ1v) is 7.14. The predicted octanol–water partition coefficient (Wildman–Crippen LogP) is 2.70. The fourth-order valence-electron chi connectivity index (χ4n) is 2.59. The number of nitrogens with zero attached hydrogens (tertiary/aromatic N) is 1. The molecule has 4 heteroatoms. The Hall–Kier alpha value is -1.13. The second-order valence-corrected chi connectivity index (χ2v) is 5.09. The van der Waals surface area contributed by atoms with E-state index in [-0.39, 0.29) is 12.1 Å². The Kier molecular flexibility index (Phi) is 5.16. The third-order valence-electron chi connectivity index (χ3n) is 3.57. The maximum absolute atomic E-state index is 6.02. The van der Waals surface area contributed by atoms with Gasteiger partial charge in [-0.2, -0.15) is 0 Å². The molecule has 0 amide bonds. The molecule has 0 aliphatic carbocycles. The van der Waals surface area contributed by atoms with Crippen LogP contribution in [0.4, 0.5) is 0 Å². The summed E-state index contributed by atoms with van der Waals surface area (Å²) < 4.78 is 11.5. The molecule has 2 rings (SSSR count). The number of rotatable bonds is 6. The van der Waals surface area contributed by atoms with Crippen molar-refractivity contribution < 1.29 is 9.47 Å². The fraction of sp³-hybridized carbons (Fsp3) is 0.667. The molecule has 1 aliphatic heterocycles. The molecule has 3 atom stereocenters. The molecule has 1 saturated heterocycles. The molecule has 3 unspecified atom stereocenters. The van der Waals surface area contributed by atoms with Crippen LogP contribution in [0.2, 0.25) is 0 Å². The van der Waals surface area contributed by atoms with Crippen molar-refractivity contribution >= 4 is 0 Å². The minimum atomic E-state index is 0.112. The number of ether oxygens (including phenoxy) is 2. The van der Waals surface area contributed by atoms with Crippen LogP contribution < -0.4 is 10.1 Å². The highest BCUT2D eigenvalue weighted by Crippen LogP contribution is 2.33. The summed E-state index contributed by atoms with van der Waals surface area (Å²) in [4.78, 5) is 4.50. The van der Waals surface area contributed by atoms with Crippen LogP contribution in [0.3, 0.4) is 0 Å². The van der Waals surface area contributed by atoms with E-state index in [1.807, 2.05) is 18.3 Å². The SMILES string of the molecule is CCCNC(c1ncccc1OC)C1CCC(C)O1. The van der Waals surface area contributed by atoms with Crippen LogP contribution in [-0.2, 0) is 4.74 Å². The Morgan fingerprint density at radius 1 is 1.53 bits per heavy atom. The van der Waals surface area contributed by atoms with Gasteiger partial charge in [0.05, 0.1) is 25.4 Å². The first kappa shape index (κ1) is 14.3. The summed E-state index contributed by atoms with van der Waals surface area (Å²) in [6, 6.07) is 3.97. The maximum atomic E-state index is 6.02. The van der Waals surface area contributed by atoms with Gasteiger partial charge >= 0.3 is 0 Å². The second kappa shape index (κ2) is 6.87. The van der Waals surface area contributed by atoms with Crippen LogP contribution in [0.5, 0.6) is 5.75 Å². The molecule has 0 aromatic carbocycles. The van der Waals surface area contributed by atoms with Crippen molar-refractivity contribution in [3.63, 3.8) is 0 Å². The minimum Gasteiger partial charge on any atom is -0.495 e. The molecule has 1 aliphatic rings. The quantitative estimate of drug-likeness (QED) is 0.858. The molecule has 19 heavy (non-hydrogen) atoms. The van der Waals surface area contributed by atoms with Crippen molar-refractivity contribution in [2.75, 3.05) is 13.7 Å². The van der Waals surface area contributed by atoms with Gasteiger partial charge in [-0.25, -0.2) is 0 Å². The van der Waals surface area contributed by atoms with Gasteiger partial charge in [0.2, 0.25) is 0 Å². The van der Waals surface area contributed by atoms with Crippen molar-refractivity contribution in [2.24, 2.45) is 0 Å². The lowest BCUT2D eigenvalue weighted by Crippen LogP contribution is -2.33. The van der Waals surface area contributed by atoms with Crippen LogP contribution in [0, 0.1) is 0 Å². The van der Waals surface area contributed by atoms with Crippen molar-refractivity contribution in [1.82, 2.24) is 10.3 Å². The van der Waals surface area contributed by atoms with Gasteiger partial charge in [-0.15, -0.1) is 0 Å². The highest BCUT2D eigenvalue weighted by molar-refractivity contribution is 5.30. The van der Waals surface area contributed by atoms with Gasteiger partial charge in [0.25, 0.3) is 0 Å². The molecule has 0 spiro atoms. The normalized spacial score (nSPS) is 24.4. The Bertz CT molecular complexity index is 397. The summed E-state index contributed by atoms with van der Waals surface area (Å²) in [7, 11) is 1.69. The van der Waals surface area contributed by atoms with Crippen molar-refractivity contribution in [3.8, 4) is 5.75 Å². The summed E-state index contributed by atoms with van der Waals surface area (Å²) in [5, 5.41) is 3.56. The van der Waals surface area contributed by atoms with Gasteiger partial charge < -0.3 is 14.8 Å². The molecule has 106 valence electrons. The Labute approximate surface area is 115 Å². The summed E-state index contributed by atoms with van der Waals surface area (Å²) in [6.07, 6.45) is 5.62. The minimum absolute atomic E-state index is 0.112. The van der Waals surface area contributed by atoms with Gasteiger partial charge in [-0.1, -0.05) is 6.92 Å². The standard InChI is InChI=1S/C15H24N2O2/c1-4-9-16-15(13-8-7-11(2)19-13)14-12(18-3)6-5-10-17-14/h5-6,10-11,13,15-16H,4,7-9H2,1-3H3. The van der Waals surface area contributed by atoms with Gasteiger partial charge in [0.15, 0.2) is 0 Å². The molecule has 2 heterocycles. The van der Waals surface area contributed by atoms with Gasteiger partial charge in [0, 0.05) is 6.20 Å². The first-order chi connectivity index (χ1) is 9.26. The number of nitrogens with one attached hydrogen (secondary N) is 1. The number of pyridine rings is 1. The maximum Gasteiger partial charge on any atom is 0.142 e. The predicted molar refractivity (Wildman–Crippen MR) is 75.4 cm³/mol. The molecular formula is C15H24N2O2. The monoisotopic (exact) mass is 264 g/mol. The van der Waals surface area contributed by atoms with E-state index in [9.17, 15) is 0 Å². The topological polar surface area (TPSA) is 43.4 Å². The third kappa shape index (κ3) is 3.45. The molecule has 0 bridgehead atoms. The second-order valence-electron chi connectivity index (χ2n) is 5.09. The molecule has 0 radical (unpaired) electrons. The Morgan fingerprint density at radius 2 is 2.37 bits per heavy atom. The fourth-order valence-corrected chi connectivity index (χ4v) is 2.59. The number of methoxy groups -OCH3 is 1. The largest absolute Gasteiger partial charge is 0.495 e. The van der Waals surface area contributed by atoms with E-state index >= 15 is 0 Å². The molecule has 0 saturated carbocycles. The number of hydrogen-bond acceptors (Lipinski definition) is 4. The highest BCUT2D eigenvalue weighted by Gasteiger charge is 2.32. The van der Waals surface area contributed by atoms with E-state index < -0.39 is 0 Å². The summed E-state index contributed by atoms with van der Waals surface area (Å²) >= 11 is 0. The molecule has 1 N–H and O–H groups in total. The zero-order valence-corrected chi connectivity index (χ0v) is 12.1. The van der Waals surface area contributed by atoms with Crippen molar-refractivity contribution in [2.45, 2.75) is 51.4 Å². The van der Waals surface area contributed by atoms with Gasteiger partial charge in [0.1, 0.15) is 11.4 Å². The van der Waals surface area contributed by atoms with Crippen LogP contribution in [0.15, 0.2) is 18.3 Å². The lowest BCUT2D eigenvalue weighted by atomic mass is 10.0. The van der Waals surface area contributed by atoms with E-state index in [2.05, 4.69) is 24.1 Å². The van der Waals surface area contributed by atoms with Crippen LogP contribution in [-0.4, -0.2) is 30.8 Å². The van der Waals surface area contributed by atoms with Gasteiger partial charge in [-0.3, -0.25) is 4.98 Å². The average Bonchev–Trinajstić information content (AvgIpc) is 2.86. The van der Waals surface area contributed by atoms with E-state index in [4.69, 9.17) is 9.47 Å². The van der Waals surface area contributed by atoms with Crippen LogP contribution in [0.25, 0.3) is 0 Å². The lowest BCUT2D eigenvalue weighted by molar-refractivity contribution is 0.0301. The lowest BCUT2D eigenvalue weighted by Gasteiger charge is -2.25. The zero-order valence-electron chi connectivity index (χ0n) is 12.1. The summed E-state index contributed by atoms with van der Waals surface area (Å²) in [5.74, 6) is 0.833. The summed E-state index contributed by atoms with van der Waals surface area (Å²) in [6.45, 7) is 5.25. The number of aromatic nitrogens is 1. The number of hydrogen-bond donors (Lipinski definition) is 1. The van der Waals surface area contributed by atoms with Crippen molar-refractivity contribution in [1.29, 1.82) is 0 Å². The molecular weight excluding hydrogens is 240 g/mol. The summed E-state index contributed by atoms with van der Waals surface area (Å²) in [5.41, 5.74) is 0.956. The average molecular weight is 264 g/mol. The zero-order chi connectivity index (χ0) is 13.7. The Balaban J connectivity index is 2.21. The van der Waals surface area contributed by atoms with E-state index in [0.29, 0.717) is 6.10 Å². The Morgan fingerprint density at radius 3 is 3.00 bits per heavy atom. The van der Waals surface area contributed by atoms with Crippen molar-refractivity contribution in [3.05, 3.63) is 24.0 Å². The molecule has 1 aromatic rings. The van der Waals surface area contributed by atoms with Crippen LogP contribution >= 0.6 is 0 Å². The van der Waals surface area contributed by atoms with Crippen LogP contribution in [0.1, 0.15) is 44.8 Å². The molecule has 4 nitrogen and oxygen atoms in total. The molecule has 1 aromatic heterocycles. The van der Waals surface area contributed by atoms with E-state index in [1.165, 1.54) is 0 Å². The van der Waals surface area contributed by atoms with E-state index in [1.54, 1.807) is 7.11 Å². The third-order valence-corrected chi connectivity index (χ3v) is 3.57. The molecule has 1 fully saturated rings.